The summed E-state index contributed by atoms with van der Waals surface area (Å²) >= 11 is 0. The summed E-state index contributed by atoms with van der Waals surface area (Å²) in [6.45, 7) is 8.42. The van der Waals surface area contributed by atoms with E-state index in [9.17, 15) is 0 Å². The van der Waals surface area contributed by atoms with Crippen LogP contribution in [0.15, 0.2) is 241 Å². The van der Waals surface area contributed by atoms with Crippen LogP contribution in [0.1, 0.15) is 239 Å². The second kappa shape index (κ2) is 38.0. The molecule has 2 aliphatic carbocycles. The highest BCUT2D eigenvalue weighted by atomic mass is 16.4. The molecule has 134 heavy (non-hydrogen) atoms. The Morgan fingerprint density at radius 3 is 1.14 bits per heavy atom. The van der Waals surface area contributed by atoms with Crippen molar-refractivity contribution in [3.05, 3.63) is 298 Å². The van der Waals surface area contributed by atoms with Gasteiger partial charge in [0.1, 0.15) is 35.2 Å². The largest absolute Gasteiger partial charge is 0.437 e. The van der Waals surface area contributed by atoms with Gasteiger partial charge < -0.3 is 22.1 Å². The van der Waals surface area contributed by atoms with E-state index >= 15 is 0 Å². The minimum Gasteiger partial charge on any atom is -0.437 e. The van der Waals surface area contributed by atoms with Gasteiger partial charge in [-0.3, -0.25) is 0 Å². The van der Waals surface area contributed by atoms with Gasteiger partial charge in [-0.2, -0.15) is 0 Å². The van der Waals surface area contributed by atoms with E-state index in [2.05, 4.69) is 140 Å². The lowest BCUT2D eigenvalue weighted by Crippen LogP contribution is -2.31. The third-order valence-corrected chi connectivity index (χ3v) is 24.7. The second-order valence-electron chi connectivity index (χ2n) is 36.0. The molecular weight excluding hydrogens is 1650 g/mol. The summed E-state index contributed by atoms with van der Waals surface area (Å²) in [5, 5.41) is 8.69. The number of hydrogen-bond donors (Lipinski definition) is 0. The van der Waals surface area contributed by atoms with E-state index in [4.69, 9.17) is 62.7 Å². The van der Waals surface area contributed by atoms with Gasteiger partial charge in [-0.1, -0.05) is 141 Å². The Morgan fingerprint density at radius 1 is 0.403 bits per heavy atom. The molecule has 15 heterocycles. The number of benzene rings is 5. The second-order valence-corrected chi connectivity index (χ2v) is 36.0. The predicted octanol–water partition coefficient (Wildman–Crippen LogP) is 27.9. The highest BCUT2D eigenvalue weighted by molar-refractivity contribution is 6.13. The molecule has 0 bridgehead atoms. The summed E-state index contributed by atoms with van der Waals surface area (Å²) in [6, 6.07) is 56.3. The normalized spacial score (nSPS) is 18.8. The van der Waals surface area contributed by atoms with Gasteiger partial charge in [0.25, 0.3) is 0 Å². The molecule has 15 nitrogen and oxygen atoms in total. The van der Waals surface area contributed by atoms with E-state index in [0.29, 0.717) is 87.3 Å². The third kappa shape index (κ3) is 18.6. The van der Waals surface area contributed by atoms with Crippen LogP contribution >= 0.6 is 0 Å². The van der Waals surface area contributed by atoms with Gasteiger partial charge in [-0.15, -0.1) is 12.3 Å². The topological polar surface area (TPSA) is 150 Å². The van der Waals surface area contributed by atoms with Gasteiger partial charge in [-0.25, -0.2) is 47.8 Å². The van der Waals surface area contributed by atoms with Crippen LogP contribution in [-0.2, 0) is 53.5 Å². The molecular formula is C119H127N10O5+5. The Bertz CT molecular complexity index is 9140. The first kappa shape index (κ1) is 64.9. The van der Waals surface area contributed by atoms with E-state index in [0.717, 1.165) is 150 Å². The summed E-state index contributed by atoms with van der Waals surface area (Å²) in [4.78, 5) is 22.7. The van der Waals surface area contributed by atoms with Crippen molar-refractivity contribution in [1.82, 2.24) is 24.9 Å². The van der Waals surface area contributed by atoms with E-state index in [1.165, 1.54) is 18.6 Å². The average molecular weight is 1800 g/mol. The molecule has 0 aliphatic heterocycles. The van der Waals surface area contributed by atoms with Crippen LogP contribution in [-0.4, -0.2) is 24.9 Å². The van der Waals surface area contributed by atoms with Crippen LogP contribution in [0.5, 0.6) is 0 Å². The molecule has 0 saturated heterocycles. The molecule has 0 amide bonds. The zero-order chi connectivity index (χ0) is 117. The molecule has 0 N–H and O–H groups in total. The third-order valence-electron chi connectivity index (χ3n) is 24.7. The molecule has 22 rings (SSSR count). The number of rotatable bonds is 9. The molecule has 678 valence electrons. The van der Waals surface area contributed by atoms with Gasteiger partial charge >= 0.3 is 0 Å². The SMILES string of the molecule is C#CC.[2H]C([2H])([2H])c1ccc(-c2c(C)ccc3c2oc2nc(C4([2H])C([2H])([2H])CCCC4([2H])[2H])ccc23)[n+](C)c1.[2H]C([2H])([2H])c1ccc(-c2c(C)ccc3c2oc2nc(C4([2H])CCCC4([2H])[2H])ccc23)[n+](C)c1.[2H]C([2H])([2H])c1ccc(-c2c(C)ccc3c2oc2nc(CC(C)(C([2H])([2H])[2H])C([2H])([2H])[2H])ccc23)[n+](C)c1.[2H]C([2H])c1ccc(-c2c(C)ccc3c2oc2nc(C(C)(C)C)ccc23)[n+](C)c1.[2H]c1ccc2c(n1)oc1c(-c3ccc(CC)c[n+]3C)c(C)ccc12. The lowest BCUT2D eigenvalue weighted by molar-refractivity contribution is -0.660. The molecule has 0 radical (unpaired) electrons. The van der Waals surface area contributed by atoms with E-state index in [1.807, 2.05) is 106 Å². The zero-order valence-corrected chi connectivity index (χ0v) is 78.5. The standard InChI is InChI=1S/C25H27N2O.C24H25N2O.C24H27N2O.C23H25N2O.C20H19N2O.C3H4/c1-16-9-14-22(27(3)15-16)23-17(2)10-11-19-20-12-13-21(18-7-5-4-6-8-18)26-25(20)28-24(19)23;1-15-8-13-21(26(3)14-15)22-16(2)9-10-18-19-11-12-20(17-6-4-5-7-17)25-24(19)27-23(18)22;1-15-7-12-20(26(6)14-15)21-16(2)8-10-18-19-11-9-17(13-24(3,4)5)25-23(19)27-22(18)21;1-14-7-11-18(25(6)13-14)20-15(2)8-9-16-17-10-12-19(23(3,4)5)24-22(17)26-21(16)20;1-4-14-8-10-17(22(3)12-14)18-13(2)7-9-15-16-6-5-11-21-20(16)23-19(15)18;1-3-2/h9-15,18H,4-8H2,1-3H3;8-14,17H,4-7H2,1-3H3;7-12,14H,13H2,1-6H3;7-13H,1-6H3;5-12H,4H2,1-3H3;1H,2H3/q5*+1;/i1D3,7D2,8D2,18D;1D3,6D2,17D;1D3,3D3,4D3;1D2;11D;. The Morgan fingerprint density at radius 2 is 0.754 bits per heavy atom. The molecule has 2 aliphatic rings. The Kier molecular flexibility index (Phi) is 18.4. The molecule has 2 fully saturated rings. The predicted molar refractivity (Wildman–Crippen MR) is 546 cm³/mol. The van der Waals surface area contributed by atoms with Crippen molar-refractivity contribution in [3.8, 4) is 68.6 Å². The first-order valence-corrected chi connectivity index (χ1v) is 45.0. The van der Waals surface area contributed by atoms with Gasteiger partial charge in [-0.05, 0) is 232 Å². The number of hydrogen-bond acceptors (Lipinski definition) is 10. The fraction of sp³-hybridized carbons (Fsp3) is 0.311. The van der Waals surface area contributed by atoms with Crippen molar-refractivity contribution in [1.29, 1.82) is 0 Å². The Balaban J connectivity index is 0.000000134. The lowest BCUT2D eigenvalue weighted by atomic mass is 9.86. The molecule has 1 unspecified atom stereocenters. The maximum Gasteiger partial charge on any atom is 0.227 e. The number of aromatic nitrogens is 10. The van der Waals surface area contributed by atoms with Crippen molar-refractivity contribution >= 4 is 110 Å². The highest BCUT2D eigenvalue weighted by Crippen LogP contribution is 2.45. The fourth-order valence-corrected chi connectivity index (χ4v) is 18.0. The van der Waals surface area contributed by atoms with Gasteiger partial charge in [0, 0.05) is 192 Å². The number of pyridine rings is 10. The molecule has 0 spiro atoms. The summed E-state index contributed by atoms with van der Waals surface area (Å²) < 4.78 is 248. The van der Waals surface area contributed by atoms with Crippen molar-refractivity contribution in [2.24, 2.45) is 40.7 Å². The molecule has 1 atom stereocenters. The fourth-order valence-electron chi connectivity index (χ4n) is 18.0. The van der Waals surface area contributed by atoms with Gasteiger partial charge in [0.2, 0.25) is 57.0 Å². The molecule has 15 aromatic heterocycles. The number of nitrogens with zero attached hydrogens (tertiary/aromatic N) is 10. The zero-order valence-electron chi connectivity index (χ0n) is 105. The first-order chi connectivity index (χ1) is 74.7. The van der Waals surface area contributed by atoms with Crippen molar-refractivity contribution < 1.29 is 80.6 Å². The minimum atomic E-state index is -2.72. The highest BCUT2D eigenvalue weighted by Gasteiger charge is 2.31. The summed E-state index contributed by atoms with van der Waals surface area (Å²) in [5.74, 6) is -1.32. The maximum absolute atomic E-state index is 8.98. The molecule has 20 aromatic rings. The van der Waals surface area contributed by atoms with Crippen molar-refractivity contribution in [2.45, 2.75) is 205 Å². The van der Waals surface area contributed by atoms with Crippen LogP contribution in [0.3, 0.4) is 0 Å². The van der Waals surface area contributed by atoms with Gasteiger partial charge in [0.05, 0.1) is 29.2 Å². The van der Waals surface area contributed by atoms with Crippen LogP contribution in [0.4, 0.5) is 0 Å². The van der Waals surface area contributed by atoms with Crippen LogP contribution < -0.4 is 22.8 Å². The number of fused-ring (bicyclic) bond motifs is 15. The quantitative estimate of drug-likeness (QED) is 0.101. The van der Waals surface area contributed by atoms with E-state index in [1.54, 1.807) is 120 Å². The smallest absolute Gasteiger partial charge is 0.227 e. The monoisotopic (exact) mass is 1800 g/mol. The number of furan rings is 5. The number of terminal acetylenes is 1. The molecule has 5 aromatic carbocycles. The van der Waals surface area contributed by atoms with E-state index < -0.39 is 77.5 Å². The first-order valence-electron chi connectivity index (χ1n) is 58.2. The Labute approximate surface area is 824 Å². The maximum atomic E-state index is 8.98. The van der Waals surface area contributed by atoms with Crippen LogP contribution in [0, 0.1) is 79.8 Å². The molecule has 2 saturated carbocycles. The van der Waals surface area contributed by atoms with Crippen molar-refractivity contribution in [2.75, 3.05) is 0 Å². The van der Waals surface area contributed by atoms with E-state index in [-0.39, 0.29) is 64.7 Å². The average Bonchev–Trinajstić information content (AvgIpc) is 0.754. The van der Waals surface area contributed by atoms with Crippen LogP contribution in [0.25, 0.3) is 167 Å². The summed E-state index contributed by atoms with van der Waals surface area (Å²) in [5.41, 5.74) is 21.8. The molecule has 15 heteroatoms. The minimum absolute atomic E-state index is 0.00890. The lowest BCUT2D eigenvalue weighted by Gasteiger charge is -2.20. The van der Waals surface area contributed by atoms with Gasteiger partial charge in [0.15, 0.2) is 58.9 Å². The van der Waals surface area contributed by atoms with Crippen LogP contribution in [0.2, 0.25) is 0 Å². The van der Waals surface area contributed by atoms with Crippen molar-refractivity contribution in [3.63, 3.8) is 0 Å². The summed E-state index contributed by atoms with van der Waals surface area (Å²) in [7, 11) is 9.37. The summed E-state index contributed by atoms with van der Waals surface area (Å²) in [6.07, 6.45) is 10.5. The number of aryl methyl sites for hydroxylation is 15. The Hall–Kier alpha value is -13.8.